The number of amides is 1. The molecule has 1 saturated heterocycles. The summed E-state index contributed by atoms with van der Waals surface area (Å²) < 4.78 is 0. The van der Waals surface area contributed by atoms with Crippen molar-refractivity contribution >= 4 is 28.8 Å². The Labute approximate surface area is 194 Å². The summed E-state index contributed by atoms with van der Waals surface area (Å²) in [7, 11) is 3.88. The topological polar surface area (TPSA) is 60.9 Å². The number of rotatable bonds is 5. The Kier molecular flexibility index (Phi) is 6.05. The molecule has 33 heavy (non-hydrogen) atoms. The van der Waals surface area contributed by atoms with Gasteiger partial charge in [0.15, 0.2) is 0 Å². The molecule has 5 heteroatoms. The minimum atomic E-state index is -0.725. The molecule has 1 aliphatic rings. The number of carbonyl (C=O) groups excluding carboxylic acids is 2. The van der Waals surface area contributed by atoms with E-state index in [1.54, 1.807) is 24.3 Å². The summed E-state index contributed by atoms with van der Waals surface area (Å²) in [6.07, 6.45) is 0. The van der Waals surface area contributed by atoms with Crippen LogP contribution in [0, 0.1) is 0 Å². The number of hydrogen-bond acceptors (Lipinski definition) is 4. The number of ketones is 1. The predicted octanol–water partition coefficient (Wildman–Crippen LogP) is 5.50. The van der Waals surface area contributed by atoms with Crippen LogP contribution < -0.4 is 9.80 Å². The van der Waals surface area contributed by atoms with Crippen LogP contribution >= 0.6 is 0 Å². The molecule has 0 bridgehead atoms. The molecule has 168 valence electrons. The minimum absolute atomic E-state index is 0.0974. The molecule has 0 aliphatic carbocycles. The first kappa shape index (κ1) is 22.3. The van der Waals surface area contributed by atoms with E-state index in [2.05, 4.69) is 13.8 Å². The second kappa shape index (κ2) is 8.94. The van der Waals surface area contributed by atoms with Gasteiger partial charge in [-0.05, 0) is 41.3 Å². The maximum Gasteiger partial charge on any atom is 0.300 e. The second-order valence-electron chi connectivity index (χ2n) is 8.77. The molecule has 1 amide bonds. The fourth-order valence-electron chi connectivity index (χ4n) is 4.14. The lowest BCUT2D eigenvalue weighted by Crippen LogP contribution is -2.29. The lowest BCUT2D eigenvalue weighted by atomic mass is 9.93. The highest BCUT2D eigenvalue weighted by Crippen LogP contribution is 2.42. The van der Waals surface area contributed by atoms with Gasteiger partial charge in [0.25, 0.3) is 11.7 Å². The first-order valence-corrected chi connectivity index (χ1v) is 11.0. The van der Waals surface area contributed by atoms with Crippen LogP contribution in [0.4, 0.5) is 11.4 Å². The molecule has 1 heterocycles. The van der Waals surface area contributed by atoms with Gasteiger partial charge in [-0.1, -0.05) is 68.4 Å². The smallest absolute Gasteiger partial charge is 0.300 e. The molecule has 1 aliphatic heterocycles. The van der Waals surface area contributed by atoms with Crippen LogP contribution in [0.5, 0.6) is 0 Å². The maximum atomic E-state index is 13.3. The van der Waals surface area contributed by atoms with Crippen LogP contribution in [0.1, 0.15) is 42.5 Å². The van der Waals surface area contributed by atoms with E-state index in [4.69, 9.17) is 0 Å². The van der Waals surface area contributed by atoms with E-state index in [0.717, 1.165) is 16.8 Å². The number of Topliss-reactive ketones (excluding diaryl/α,β-unsaturated/α-hetero) is 1. The van der Waals surface area contributed by atoms with Crippen LogP contribution in [-0.2, 0) is 9.59 Å². The summed E-state index contributed by atoms with van der Waals surface area (Å²) in [6, 6.07) is 23.5. The highest BCUT2D eigenvalue weighted by molar-refractivity contribution is 6.51. The third-order valence-electron chi connectivity index (χ3n) is 6.05. The largest absolute Gasteiger partial charge is 0.507 e. The van der Waals surface area contributed by atoms with E-state index >= 15 is 0 Å². The standard InChI is InChI=1S/C28H28N2O3/c1-18(2)19-10-12-20(13-11-19)25-24(26(31)21-8-6-5-7-9-21)27(32)28(33)30(25)23-16-14-22(15-17-23)29(3)4/h5-18,25,31H,1-4H3/b26-24+. The highest BCUT2D eigenvalue weighted by atomic mass is 16.3. The molecule has 3 aromatic carbocycles. The van der Waals surface area contributed by atoms with E-state index in [1.165, 1.54) is 4.90 Å². The van der Waals surface area contributed by atoms with Crippen LogP contribution in [0.15, 0.2) is 84.4 Å². The number of hydrogen-bond donors (Lipinski definition) is 1. The van der Waals surface area contributed by atoms with Gasteiger partial charge in [0.05, 0.1) is 11.6 Å². The average Bonchev–Trinajstić information content (AvgIpc) is 3.09. The van der Waals surface area contributed by atoms with Gasteiger partial charge in [0.2, 0.25) is 0 Å². The Morgan fingerprint density at radius 1 is 0.879 bits per heavy atom. The summed E-state index contributed by atoms with van der Waals surface area (Å²) in [5, 5.41) is 11.1. The van der Waals surface area contributed by atoms with Crippen molar-refractivity contribution in [3.8, 4) is 0 Å². The van der Waals surface area contributed by atoms with Gasteiger partial charge in [-0.15, -0.1) is 0 Å². The SMILES string of the molecule is CC(C)c1ccc(C2/C(=C(\O)c3ccccc3)C(=O)C(=O)N2c2ccc(N(C)C)cc2)cc1. The van der Waals surface area contributed by atoms with Gasteiger partial charge < -0.3 is 10.0 Å². The molecule has 1 atom stereocenters. The lowest BCUT2D eigenvalue weighted by Gasteiger charge is -2.26. The van der Waals surface area contributed by atoms with E-state index in [9.17, 15) is 14.7 Å². The Morgan fingerprint density at radius 2 is 1.48 bits per heavy atom. The molecule has 0 spiro atoms. The zero-order chi connectivity index (χ0) is 23.7. The van der Waals surface area contributed by atoms with E-state index in [0.29, 0.717) is 17.2 Å². The lowest BCUT2D eigenvalue weighted by molar-refractivity contribution is -0.132. The normalized spacial score (nSPS) is 17.6. The summed E-state index contributed by atoms with van der Waals surface area (Å²) in [6.45, 7) is 4.23. The van der Waals surface area contributed by atoms with Crippen molar-refractivity contribution in [3.63, 3.8) is 0 Å². The van der Waals surface area contributed by atoms with Crippen molar-refractivity contribution in [2.45, 2.75) is 25.8 Å². The number of anilines is 2. The Morgan fingerprint density at radius 3 is 2.03 bits per heavy atom. The Bertz CT molecular complexity index is 1190. The number of carbonyl (C=O) groups is 2. The third-order valence-corrected chi connectivity index (χ3v) is 6.05. The highest BCUT2D eigenvalue weighted by Gasteiger charge is 2.46. The molecule has 3 aromatic rings. The zero-order valence-electron chi connectivity index (χ0n) is 19.3. The fourth-order valence-corrected chi connectivity index (χ4v) is 4.14. The summed E-state index contributed by atoms with van der Waals surface area (Å²) >= 11 is 0. The number of aliphatic hydroxyl groups is 1. The fraction of sp³-hybridized carbons (Fsp3) is 0.214. The molecule has 0 saturated carbocycles. The van der Waals surface area contributed by atoms with Gasteiger partial charge in [-0.3, -0.25) is 14.5 Å². The van der Waals surface area contributed by atoms with Gasteiger partial charge in [0.1, 0.15) is 5.76 Å². The summed E-state index contributed by atoms with van der Waals surface area (Å²) in [4.78, 5) is 29.9. The van der Waals surface area contributed by atoms with Crippen molar-refractivity contribution in [2.24, 2.45) is 0 Å². The van der Waals surface area contributed by atoms with Gasteiger partial charge in [-0.25, -0.2) is 0 Å². The van der Waals surface area contributed by atoms with Crippen LogP contribution in [-0.4, -0.2) is 30.9 Å². The number of aliphatic hydroxyl groups excluding tert-OH is 1. The average molecular weight is 441 g/mol. The van der Waals surface area contributed by atoms with Crippen molar-refractivity contribution < 1.29 is 14.7 Å². The Hall–Kier alpha value is -3.86. The van der Waals surface area contributed by atoms with Crippen molar-refractivity contribution in [1.82, 2.24) is 0 Å². The molecule has 0 aromatic heterocycles. The zero-order valence-corrected chi connectivity index (χ0v) is 19.3. The molecule has 5 nitrogen and oxygen atoms in total. The van der Waals surface area contributed by atoms with Gasteiger partial charge in [-0.2, -0.15) is 0 Å². The third kappa shape index (κ3) is 4.14. The van der Waals surface area contributed by atoms with Gasteiger partial charge >= 0.3 is 0 Å². The molecular formula is C28H28N2O3. The van der Waals surface area contributed by atoms with Crippen LogP contribution in [0.2, 0.25) is 0 Å². The van der Waals surface area contributed by atoms with Crippen molar-refractivity contribution in [3.05, 3.63) is 101 Å². The quantitative estimate of drug-likeness (QED) is 0.323. The maximum absolute atomic E-state index is 13.3. The molecule has 4 rings (SSSR count). The second-order valence-corrected chi connectivity index (χ2v) is 8.77. The number of nitrogens with zero attached hydrogens (tertiary/aromatic N) is 2. The monoisotopic (exact) mass is 440 g/mol. The summed E-state index contributed by atoms with van der Waals surface area (Å²) in [5.41, 5.74) is 4.12. The molecule has 1 N–H and O–H groups in total. The van der Waals surface area contributed by atoms with E-state index in [1.807, 2.05) is 73.6 Å². The summed E-state index contributed by atoms with van der Waals surface area (Å²) in [5.74, 6) is -1.15. The first-order chi connectivity index (χ1) is 15.8. The molecular weight excluding hydrogens is 412 g/mol. The Balaban J connectivity index is 1.89. The van der Waals surface area contributed by atoms with Crippen LogP contribution in [0.3, 0.4) is 0 Å². The molecule has 0 radical (unpaired) electrons. The van der Waals surface area contributed by atoms with Gasteiger partial charge in [0, 0.05) is 31.0 Å². The molecule has 1 fully saturated rings. The molecule has 1 unspecified atom stereocenters. The van der Waals surface area contributed by atoms with Crippen molar-refractivity contribution in [2.75, 3.05) is 23.9 Å². The van der Waals surface area contributed by atoms with Crippen molar-refractivity contribution in [1.29, 1.82) is 0 Å². The van der Waals surface area contributed by atoms with E-state index in [-0.39, 0.29) is 11.3 Å². The minimum Gasteiger partial charge on any atom is -0.507 e. The van der Waals surface area contributed by atoms with E-state index < -0.39 is 17.7 Å². The predicted molar refractivity (Wildman–Crippen MR) is 133 cm³/mol. The first-order valence-electron chi connectivity index (χ1n) is 11.0. The number of benzene rings is 3. The van der Waals surface area contributed by atoms with Crippen LogP contribution in [0.25, 0.3) is 5.76 Å².